The van der Waals surface area contributed by atoms with Crippen LogP contribution in [0.2, 0.25) is 0 Å². The molecule has 17 nitrogen and oxygen atoms in total. The van der Waals surface area contributed by atoms with E-state index in [1.807, 2.05) is 52.7 Å². The van der Waals surface area contributed by atoms with E-state index in [1.165, 1.54) is 78.5 Å². The number of carbonyl (C=O) groups excluding carboxylic acids is 6. The first kappa shape index (κ1) is 108. The number of phenolic OH excluding ortho intramolecular Hbond substituents is 1. The number of aldehydes is 1. The number of halogens is 1. The van der Waals surface area contributed by atoms with Gasteiger partial charge in [0.15, 0.2) is 0 Å². The number of aliphatic carboxylic acids is 2. The van der Waals surface area contributed by atoms with Crippen molar-refractivity contribution in [3.63, 3.8) is 0 Å². The molecule has 4 amide bonds. The van der Waals surface area contributed by atoms with Crippen molar-refractivity contribution in [3.05, 3.63) is 228 Å². The van der Waals surface area contributed by atoms with Crippen molar-refractivity contribution in [1.82, 2.24) is 21.3 Å². The Kier molecular flexibility index (Phi) is 33.9. The lowest BCUT2D eigenvalue weighted by Gasteiger charge is -2.63. The molecule has 0 radical (unpaired) electrons. The number of aryl methyl sites for hydroxylation is 4. The van der Waals surface area contributed by atoms with E-state index in [1.54, 1.807) is 62.9 Å². The van der Waals surface area contributed by atoms with Gasteiger partial charge in [-0.05, 0) is 355 Å². The lowest BCUT2D eigenvalue weighted by atomic mass is 9.42. The van der Waals surface area contributed by atoms with Crippen molar-refractivity contribution in [3.8, 4) is 5.75 Å². The Morgan fingerprint density at radius 2 is 0.667 bits per heavy atom. The van der Waals surface area contributed by atoms with Gasteiger partial charge in [0.05, 0.1) is 27.8 Å². The SMILES string of the molecule is CC1(C)[C@H]2C[C@H](C/C=C\CCCC(=O)O)[C@@H](NC(=O)c3csc4ccc(O)cc34)[C@@H]1C2.CC1(C)[C@H]2C[C@H](CCO)[C@@H](Cc3ccccc3)[C@@H]1C2.Cc1ccc2scc(C(=O)Cl)c2c1.Cc1ccc2scc(C(=O)N[C@@H]3[C@@H](C/C=C\CCCC(=O)O)C[C@H]4C[C@@H]3C4(C)C)c2c1.Cc1ccc2scc(C(=O)N[C@@H]3[C@@H](CC=O)C[C@H]4C[C@@H]3C4(C)C)c2c1.Cc1ccc2scc(C(=O)N[C@@H]3[C@@H](CCO)C[C@H]4C[C@@H]3C4(C)C)c2c1. The molecule has 5 heterocycles. The summed E-state index contributed by atoms with van der Waals surface area (Å²) in [5.41, 5.74) is 11.4. The highest BCUT2D eigenvalue weighted by molar-refractivity contribution is 7.19. The molecule has 0 saturated heterocycles. The predicted molar refractivity (Wildman–Crippen MR) is 591 cm³/mol. The number of hydrogen-bond donors (Lipinski definition) is 9. The molecular formula is C121H149ClN4O13S5. The summed E-state index contributed by atoms with van der Waals surface area (Å²) in [5.74, 6) is 8.43. The average molecular weight is 2060 g/mol. The molecule has 768 valence electrons. The van der Waals surface area contributed by atoms with Gasteiger partial charge in [-0.25, -0.2) is 0 Å². The minimum absolute atomic E-state index is 0.0129. The van der Waals surface area contributed by atoms with Gasteiger partial charge in [0.1, 0.15) is 12.0 Å². The number of thiophene rings is 5. The Labute approximate surface area is 875 Å². The summed E-state index contributed by atoms with van der Waals surface area (Å²) >= 11 is 13.4. The molecule has 26 rings (SSSR count). The largest absolute Gasteiger partial charge is 0.508 e. The van der Waals surface area contributed by atoms with Gasteiger partial charge >= 0.3 is 11.9 Å². The van der Waals surface area contributed by atoms with Gasteiger partial charge in [-0.2, -0.15) is 0 Å². The summed E-state index contributed by atoms with van der Waals surface area (Å²) < 4.78 is 5.57. The van der Waals surface area contributed by atoms with Crippen LogP contribution in [0.25, 0.3) is 50.4 Å². The topological polar surface area (TPSA) is 286 Å². The van der Waals surface area contributed by atoms with Crippen molar-refractivity contribution < 1.29 is 63.9 Å². The van der Waals surface area contributed by atoms with E-state index >= 15 is 0 Å². The minimum atomic E-state index is -0.750. The van der Waals surface area contributed by atoms with Crippen molar-refractivity contribution >= 4 is 166 Å². The van der Waals surface area contributed by atoms with E-state index in [9.17, 15) is 53.7 Å². The van der Waals surface area contributed by atoms with Crippen LogP contribution in [-0.4, -0.2) is 110 Å². The van der Waals surface area contributed by atoms with Gasteiger partial charge in [0.2, 0.25) is 0 Å². The predicted octanol–water partition coefficient (Wildman–Crippen LogP) is 28.2. The van der Waals surface area contributed by atoms with Crippen LogP contribution in [0.5, 0.6) is 5.75 Å². The maximum absolute atomic E-state index is 13.3. The number of allylic oxidation sites excluding steroid dienone is 4. The summed E-state index contributed by atoms with van der Waals surface area (Å²) in [7, 11) is 0. The molecule has 15 saturated carbocycles. The van der Waals surface area contributed by atoms with Crippen LogP contribution in [0.3, 0.4) is 0 Å². The molecule has 0 unspecified atom stereocenters. The number of aliphatic hydroxyl groups excluding tert-OH is 2. The monoisotopic (exact) mass is 2060 g/mol. The molecule has 0 aliphatic heterocycles. The maximum Gasteiger partial charge on any atom is 0.303 e. The van der Waals surface area contributed by atoms with Crippen LogP contribution < -0.4 is 21.3 Å². The summed E-state index contributed by atoms with van der Waals surface area (Å²) in [5, 5.41) is 73.8. The molecule has 15 aliphatic rings. The van der Waals surface area contributed by atoms with E-state index in [2.05, 4.69) is 221 Å². The van der Waals surface area contributed by atoms with Gasteiger partial charge in [0.25, 0.3) is 28.9 Å². The standard InChI is InChI=1S/C26H33NO3S.C25H31NO4S.C21H27NO2S.C21H25NO2S.C18H26O.C10H7ClOS/c1-16-10-11-22-19(12-16)20(15-31-22)25(30)27-24-17(8-6-4-5-7-9-23(28)29)13-18-14-21(24)26(18,2)3;1-25(2)16-11-15(7-5-3-4-6-8-22(28)29)23(20(25)12-16)26-24(30)19-14-31-21-10-9-17(27)13-18(19)21;2*1-12-4-5-18-15(8-12)16(11-25-18)20(24)22-19-13(6-7-23)9-14-10-17(19)21(14,2)3;1-18(2)15-11-14(8-9-19)16(17(18)12-15)10-13-6-4-3-5-7-13;1-6-2-3-9-7(4-6)8(5-13-9)10(11)12/h4,6,10-12,15,17-18,21,24H,5,7-9,13-14H2,1-3H3,(H,27,30)(H,28,29);3,5,9-10,13-16,20,23,27H,4,6-8,11-12H2,1-2H3,(H,26,30)(H,28,29);4-5,8,11,13-14,17,19,23H,6-7,9-10H2,1-3H3,(H,22,24);4-5,7-8,11,13-14,17,19H,6,9-10H2,1-3H3,(H,22,24);3-7,14-17,19H,8-12H2,1-2H3;2-5H,1H3/b6-4-;5-3-;;;;/t17-,18-,21-,24+;15-,16-,20-,23+;2*13-,14-,17-,19+;14-,15-,16+,17-;/m00000./s1. The zero-order chi connectivity index (χ0) is 103. The third kappa shape index (κ3) is 23.1. The van der Waals surface area contributed by atoms with Crippen molar-refractivity contribution in [2.24, 2.45) is 122 Å². The molecule has 9 N–H and O–H groups in total. The number of carboxylic acid groups (broad SMARTS) is 2. The number of fused-ring (bicyclic) bond motifs is 15. The van der Waals surface area contributed by atoms with Gasteiger partial charge in [0, 0.05) is 134 Å². The quantitative estimate of drug-likeness (QED) is 0.00914. The van der Waals surface area contributed by atoms with Gasteiger partial charge < -0.3 is 51.6 Å². The van der Waals surface area contributed by atoms with Crippen molar-refractivity contribution in [2.45, 2.75) is 262 Å². The summed E-state index contributed by atoms with van der Waals surface area (Å²) in [4.78, 5) is 96.1. The number of amides is 4. The maximum atomic E-state index is 13.3. The highest BCUT2D eigenvalue weighted by Crippen LogP contribution is 2.67. The first-order valence-electron chi connectivity index (χ1n) is 52.7. The Morgan fingerprint density at radius 3 is 1.00 bits per heavy atom. The van der Waals surface area contributed by atoms with E-state index in [-0.39, 0.29) is 100 Å². The molecule has 10 bridgehead atoms. The van der Waals surface area contributed by atoms with Gasteiger partial charge in [-0.15, -0.1) is 56.7 Å². The highest BCUT2D eigenvalue weighted by Gasteiger charge is 2.62. The summed E-state index contributed by atoms with van der Waals surface area (Å²) in [6.07, 6.45) is 30.3. The minimum Gasteiger partial charge on any atom is -0.508 e. The second kappa shape index (κ2) is 45.5. The van der Waals surface area contributed by atoms with Crippen LogP contribution in [0.4, 0.5) is 0 Å². The zero-order valence-corrected chi connectivity index (χ0v) is 91.1. The Morgan fingerprint density at radius 1 is 0.368 bits per heavy atom. The number of hydrogen-bond acceptors (Lipinski definition) is 16. The second-order valence-corrected chi connectivity index (χ2v) is 51.6. The third-order valence-electron chi connectivity index (χ3n) is 36.9. The molecule has 20 atom stereocenters. The van der Waals surface area contributed by atoms with Crippen LogP contribution in [0, 0.1) is 149 Å². The number of phenols is 1. The first-order valence-corrected chi connectivity index (χ1v) is 57.4. The van der Waals surface area contributed by atoms with E-state index in [0.717, 1.165) is 179 Å². The Bertz CT molecular complexity index is 6370. The lowest BCUT2D eigenvalue weighted by Crippen LogP contribution is -2.63. The molecule has 15 fully saturated rings. The second-order valence-electron chi connectivity index (χ2n) is 46.7. The number of rotatable bonds is 29. The molecule has 11 aromatic rings. The fourth-order valence-corrected chi connectivity index (χ4v) is 32.3. The van der Waals surface area contributed by atoms with Crippen molar-refractivity contribution in [1.29, 1.82) is 0 Å². The first-order chi connectivity index (χ1) is 68.7. The normalized spacial score (nSPS) is 27.6. The fraction of sp³-hybridized carbons (Fsp3) is 0.521. The number of aliphatic hydroxyl groups is 2. The van der Waals surface area contributed by atoms with Gasteiger partial charge in [-0.1, -0.05) is 170 Å². The van der Waals surface area contributed by atoms with Crippen LogP contribution in [-0.2, 0) is 20.8 Å². The molecule has 6 aromatic carbocycles. The number of carbonyl (C=O) groups is 8. The third-order valence-corrected chi connectivity index (χ3v) is 41.9. The smallest absolute Gasteiger partial charge is 0.303 e. The van der Waals surface area contributed by atoms with Gasteiger partial charge in [-0.3, -0.25) is 33.6 Å². The van der Waals surface area contributed by atoms with Crippen LogP contribution in [0.15, 0.2) is 173 Å². The molecule has 23 heteroatoms. The fourth-order valence-electron chi connectivity index (χ4n) is 27.4. The van der Waals surface area contributed by atoms with Crippen LogP contribution in [0.1, 0.15) is 284 Å². The summed E-state index contributed by atoms with van der Waals surface area (Å²) in [6, 6.07) is 41.6. The Balaban J connectivity index is 0.000000126. The molecule has 5 aromatic heterocycles. The lowest BCUT2D eigenvalue weighted by molar-refractivity contribution is -0.138. The Hall–Kier alpha value is -9.23. The number of nitrogens with one attached hydrogen (secondary N) is 4. The summed E-state index contributed by atoms with van der Waals surface area (Å²) in [6.45, 7) is 32.3. The van der Waals surface area contributed by atoms with E-state index < -0.39 is 11.9 Å². The number of benzene rings is 6. The number of unbranched alkanes of at least 4 members (excludes halogenated alkanes) is 2. The molecule has 15 aliphatic carbocycles. The average Bonchev–Trinajstić information content (AvgIpc) is 1.75. The number of aromatic hydroxyl groups is 1. The number of carboxylic acids is 2. The highest BCUT2D eigenvalue weighted by atomic mass is 35.5. The van der Waals surface area contributed by atoms with Crippen molar-refractivity contribution in [2.75, 3.05) is 13.2 Å². The molecule has 144 heavy (non-hydrogen) atoms. The zero-order valence-electron chi connectivity index (χ0n) is 86.3. The molecule has 0 spiro atoms. The van der Waals surface area contributed by atoms with Crippen LogP contribution >= 0.6 is 68.3 Å². The van der Waals surface area contributed by atoms with E-state index in [0.29, 0.717) is 101 Å². The molecular weight excluding hydrogens is 1910 g/mol. The van der Waals surface area contributed by atoms with E-state index in [4.69, 9.17) is 21.8 Å².